The summed E-state index contributed by atoms with van der Waals surface area (Å²) in [6.07, 6.45) is 22.0. The fourth-order valence-corrected chi connectivity index (χ4v) is 1.64. The largest absolute Gasteiger partial charge is 0.0885 e. The molecule has 0 aromatic carbocycles. The Morgan fingerprint density at radius 1 is 0.692 bits per heavy atom. The van der Waals surface area contributed by atoms with Crippen LogP contribution in [0, 0.1) is 6.08 Å². The first kappa shape index (κ1) is 10.6. The molecular weight excluding hydrogens is 156 g/mol. The summed E-state index contributed by atoms with van der Waals surface area (Å²) in [5.41, 5.74) is 0. The van der Waals surface area contributed by atoms with Crippen LogP contribution in [0.15, 0.2) is 18.2 Å². The Balaban J connectivity index is 2.18. The van der Waals surface area contributed by atoms with Crippen molar-refractivity contribution in [3.63, 3.8) is 0 Å². The molecule has 1 rings (SSSR count). The highest BCUT2D eigenvalue weighted by Gasteiger charge is 1.90. The Hall–Kier alpha value is -0.520. The van der Waals surface area contributed by atoms with Gasteiger partial charge in [-0.2, -0.15) is 0 Å². The highest BCUT2D eigenvalue weighted by molar-refractivity contribution is 4.85. The molecule has 1 radical (unpaired) electrons. The molecule has 0 saturated heterocycles. The third-order valence-corrected chi connectivity index (χ3v) is 2.48. The van der Waals surface area contributed by atoms with Crippen molar-refractivity contribution >= 4 is 0 Å². The molecule has 13 heavy (non-hydrogen) atoms. The average molecular weight is 177 g/mol. The highest BCUT2D eigenvalue weighted by Crippen LogP contribution is 2.09. The molecule has 0 aromatic heterocycles. The van der Waals surface area contributed by atoms with Crippen molar-refractivity contribution in [2.45, 2.75) is 57.8 Å². The molecule has 0 N–H and O–H groups in total. The zero-order valence-electron chi connectivity index (χ0n) is 8.60. The van der Waals surface area contributed by atoms with E-state index in [-0.39, 0.29) is 0 Å². The Morgan fingerprint density at radius 2 is 1.46 bits per heavy atom. The summed E-state index contributed by atoms with van der Waals surface area (Å²) >= 11 is 0. The van der Waals surface area contributed by atoms with Crippen molar-refractivity contribution in [3.05, 3.63) is 24.3 Å². The first-order valence-corrected chi connectivity index (χ1v) is 5.70. The van der Waals surface area contributed by atoms with Gasteiger partial charge >= 0.3 is 0 Å². The van der Waals surface area contributed by atoms with Gasteiger partial charge in [-0.1, -0.05) is 37.5 Å². The van der Waals surface area contributed by atoms with E-state index in [2.05, 4.69) is 24.3 Å². The molecule has 73 valence electrons. The third-order valence-electron chi connectivity index (χ3n) is 2.48. The van der Waals surface area contributed by atoms with Gasteiger partial charge in [0, 0.05) is 0 Å². The minimum absolute atomic E-state index is 1.17. The van der Waals surface area contributed by atoms with Gasteiger partial charge in [-0.25, -0.2) is 0 Å². The molecule has 0 aromatic rings. The lowest BCUT2D eigenvalue weighted by Crippen LogP contribution is -1.77. The van der Waals surface area contributed by atoms with E-state index in [4.69, 9.17) is 0 Å². The second-order valence-electron chi connectivity index (χ2n) is 3.76. The molecule has 0 saturated carbocycles. The number of allylic oxidation sites excluding steroid dienone is 4. The second kappa shape index (κ2) is 8.10. The predicted molar refractivity (Wildman–Crippen MR) is 58.5 cm³/mol. The maximum Gasteiger partial charge on any atom is -0.0279 e. The summed E-state index contributed by atoms with van der Waals surface area (Å²) in [6.45, 7) is 0. The highest BCUT2D eigenvalue weighted by atomic mass is 14.0. The van der Waals surface area contributed by atoms with Crippen molar-refractivity contribution in [2.24, 2.45) is 0 Å². The van der Waals surface area contributed by atoms with E-state index >= 15 is 0 Å². The summed E-state index contributed by atoms with van der Waals surface area (Å²) in [4.78, 5) is 0. The van der Waals surface area contributed by atoms with Crippen LogP contribution in [0.3, 0.4) is 0 Å². The van der Waals surface area contributed by atoms with Gasteiger partial charge in [0.2, 0.25) is 0 Å². The molecule has 0 unspecified atom stereocenters. The lowest BCUT2D eigenvalue weighted by Gasteiger charge is -1.97. The number of rotatable bonds is 0. The summed E-state index contributed by atoms with van der Waals surface area (Å²) in [6, 6.07) is 0. The van der Waals surface area contributed by atoms with Crippen LogP contribution in [0.25, 0.3) is 0 Å². The first-order chi connectivity index (χ1) is 6.50. The molecule has 0 spiro atoms. The monoisotopic (exact) mass is 177 g/mol. The van der Waals surface area contributed by atoms with Gasteiger partial charge < -0.3 is 0 Å². The zero-order valence-corrected chi connectivity index (χ0v) is 8.60. The Labute approximate surface area is 82.7 Å². The maximum atomic E-state index is 3.36. The van der Waals surface area contributed by atoms with Crippen LogP contribution in [0.4, 0.5) is 0 Å². The Kier molecular flexibility index (Phi) is 6.58. The van der Waals surface area contributed by atoms with Gasteiger partial charge in [0.15, 0.2) is 0 Å². The quantitative estimate of drug-likeness (QED) is 0.480. The van der Waals surface area contributed by atoms with Crippen LogP contribution in [0.1, 0.15) is 57.8 Å². The molecule has 1 aliphatic carbocycles. The van der Waals surface area contributed by atoms with Crippen molar-refractivity contribution < 1.29 is 0 Å². The van der Waals surface area contributed by atoms with E-state index in [0.29, 0.717) is 0 Å². The first-order valence-electron chi connectivity index (χ1n) is 5.70. The Bertz CT molecular complexity index is 135. The standard InChI is InChI=1S/C13H21/c1-2-4-6-8-10-12-13-11-9-7-5-3-1/h1-2,7H,3-6,8,10-13H2/b2-1+,9-7?. The lowest BCUT2D eigenvalue weighted by atomic mass is 10.1. The second-order valence-corrected chi connectivity index (χ2v) is 3.76. The smallest absolute Gasteiger partial charge is 0.0279 e. The van der Waals surface area contributed by atoms with E-state index in [1.54, 1.807) is 0 Å². The average Bonchev–Trinajstić information content (AvgIpc) is 2.18. The fourth-order valence-electron chi connectivity index (χ4n) is 1.64. The van der Waals surface area contributed by atoms with Crippen LogP contribution in [-0.2, 0) is 0 Å². The van der Waals surface area contributed by atoms with Crippen LogP contribution in [0.5, 0.6) is 0 Å². The zero-order chi connectivity index (χ0) is 9.19. The maximum absolute atomic E-state index is 3.36. The van der Waals surface area contributed by atoms with Crippen molar-refractivity contribution in [1.29, 1.82) is 0 Å². The fraction of sp³-hybridized carbons (Fsp3) is 0.692. The SMILES string of the molecule is [C]1=C/CC/C=C/CCCCCCC/1. The molecule has 0 aliphatic heterocycles. The van der Waals surface area contributed by atoms with Gasteiger partial charge in [-0.15, -0.1) is 0 Å². The molecule has 0 heterocycles. The summed E-state index contributed by atoms with van der Waals surface area (Å²) < 4.78 is 0. The minimum Gasteiger partial charge on any atom is -0.0885 e. The van der Waals surface area contributed by atoms with E-state index in [1.807, 2.05) is 0 Å². The normalized spacial score (nSPS) is 26.5. The summed E-state index contributed by atoms with van der Waals surface area (Å²) in [7, 11) is 0. The van der Waals surface area contributed by atoms with Crippen LogP contribution < -0.4 is 0 Å². The third kappa shape index (κ3) is 6.62. The molecular formula is C13H21. The van der Waals surface area contributed by atoms with Gasteiger partial charge in [0.25, 0.3) is 0 Å². The topological polar surface area (TPSA) is 0 Å². The number of hydrogen-bond acceptors (Lipinski definition) is 0. The van der Waals surface area contributed by atoms with Gasteiger partial charge in [0.1, 0.15) is 0 Å². The molecule has 1 aliphatic rings. The molecule has 0 amide bonds. The molecule has 0 bridgehead atoms. The molecule has 0 heteroatoms. The van der Waals surface area contributed by atoms with Crippen molar-refractivity contribution in [2.75, 3.05) is 0 Å². The minimum atomic E-state index is 1.17. The van der Waals surface area contributed by atoms with E-state index in [1.165, 1.54) is 57.8 Å². The van der Waals surface area contributed by atoms with Gasteiger partial charge in [-0.3, -0.25) is 0 Å². The van der Waals surface area contributed by atoms with Crippen molar-refractivity contribution in [1.82, 2.24) is 0 Å². The summed E-state index contributed by atoms with van der Waals surface area (Å²) in [5.74, 6) is 0. The van der Waals surface area contributed by atoms with Crippen LogP contribution >= 0.6 is 0 Å². The van der Waals surface area contributed by atoms with E-state index < -0.39 is 0 Å². The molecule has 0 atom stereocenters. The lowest BCUT2D eigenvalue weighted by molar-refractivity contribution is 0.619. The van der Waals surface area contributed by atoms with E-state index in [0.717, 1.165) is 0 Å². The molecule has 0 fully saturated rings. The number of hydrogen-bond donors (Lipinski definition) is 0. The van der Waals surface area contributed by atoms with Gasteiger partial charge in [0.05, 0.1) is 0 Å². The van der Waals surface area contributed by atoms with E-state index in [9.17, 15) is 0 Å². The van der Waals surface area contributed by atoms with Crippen molar-refractivity contribution in [3.8, 4) is 0 Å². The molecule has 0 nitrogen and oxygen atoms in total. The summed E-state index contributed by atoms with van der Waals surface area (Å²) in [5, 5.41) is 0. The Morgan fingerprint density at radius 3 is 2.46 bits per heavy atom. The van der Waals surface area contributed by atoms with Gasteiger partial charge in [-0.05, 0) is 44.6 Å². The van der Waals surface area contributed by atoms with Crippen LogP contribution in [0.2, 0.25) is 0 Å². The van der Waals surface area contributed by atoms with Crippen LogP contribution in [-0.4, -0.2) is 0 Å². The predicted octanol–water partition coefficient (Wildman–Crippen LogP) is 4.43.